The number of benzene rings is 1. The van der Waals surface area contributed by atoms with Crippen molar-refractivity contribution < 1.29 is 19.2 Å². The molecule has 4 aromatic rings. The summed E-state index contributed by atoms with van der Waals surface area (Å²) in [6.45, 7) is 8.82. The largest absolute Gasteiger partial charge is 0.389 e. The molecule has 0 saturated carbocycles. The molecule has 14 heteroatoms. The molecular formula is C31H42N8O4S2. The highest BCUT2D eigenvalue weighted by atomic mass is 32.2. The standard InChI is InChI=1S/C31H42N8O4S2/c1-44-43-42-39-17-13-37(14-18-39)21-24-19-28-29(45-24)31(34-30(33-28)25-8-6-9-27-26(25)20-32-35-27)38-15-11-36(12-16-38)10-5-3-2-4-7-23(41)22-40/h6,8-9,19-20,40H,2-5,7,10-18,21-22H2,1H3,(H,32,35). The van der Waals surface area contributed by atoms with Crippen molar-refractivity contribution in [2.24, 2.45) is 0 Å². The zero-order valence-electron chi connectivity index (χ0n) is 25.8. The Labute approximate surface area is 271 Å². The van der Waals surface area contributed by atoms with Crippen LogP contribution in [-0.4, -0.2) is 118 Å². The smallest absolute Gasteiger partial charge is 0.162 e. The molecule has 1 aromatic carbocycles. The van der Waals surface area contributed by atoms with Crippen LogP contribution in [0.5, 0.6) is 0 Å². The van der Waals surface area contributed by atoms with E-state index in [1.807, 2.05) is 41.0 Å². The average molecular weight is 655 g/mol. The van der Waals surface area contributed by atoms with Crippen molar-refractivity contribution in [2.75, 3.05) is 76.7 Å². The summed E-state index contributed by atoms with van der Waals surface area (Å²) in [4.78, 5) is 35.7. The predicted octanol–water partition coefficient (Wildman–Crippen LogP) is 4.13. The Bertz CT molecular complexity index is 1550. The van der Waals surface area contributed by atoms with E-state index in [9.17, 15) is 4.79 Å². The topological polar surface area (TPSA) is 123 Å². The van der Waals surface area contributed by atoms with Crippen LogP contribution >= 0.6 is 23.4 Å². The number of aromatic amines is 1. The summed E-state index contributed by atoms with van der Waals surface area (Å²) in [5.74, 6) is 1.70. The first-order valence-corrected chi connectivity index (χ1v) is 17.8. The number of carbonyl (C=O) groups excluding carboxylic acids is 1. The molecule has 6 rings (SSSR count). The molecule has 2 saturated heterocycles. The Balaban J connectivity index is 1.15. The van der Waals surface area contributed by atoms with Crippen molar-refractivity contribution in [2.45, 2.75) is 38.6 Å². The quantitative estimate of drug-likeness (QED) is 0.0830. The number of Topliss-reactive ketones (excluding diaryl/α,β-unsaturated/α-hetero) is 1. The van der Waals surface area contributed by atoms with E-state index in [2.05, 4.69) is 37.0 Å². The number of unbranched alkanes of at least 4 members (excludes halogenated alkanes) is 3. The van der Waals surface area contributed by atoms with Crippen LogP contribution in [-0.2, 0) is 20.7 Å². The number of aromatic nitrogens is 4. The third-order valence-electron chi connectivity index (χ3n) is 8.57. The van der Waals surface area contributed by atoms with Crippen molar-refractivity contribution in [1.82, 2.24) is 35.0 Å². The summed E-state index contributed by atoms with van der Waals surface area (Å²) >= 11 is 3.01. The second-order valence-electron chi connectivity index (χ2n) is 11.6. The van der Waals surface area contributed by atoms with Gasteiger partial charge in [0.05, 0.1) is 21.9 Å². The first kappa shape index (κ1) is 32.3. The van der Waals surface area contributed by atoms with Crippen LogP contribution in [0.15, 0.2) is 30.5 Å². The monoisotopic (exact) mass is 654 g/mol. The van der Waals surface area contributed by atoms with E-state index in [1.54, 1.807) is 0 Å². The lowest BCUT2D eigenvalue weighted by Gasteiger charge is -2.35. The number of fused-ring (bicyclic) bond motifs is 2. The number of aliphatic hydroxyl groups is 1. The molecule has 0 aliphatic carbocycles. The highest BCUT2D eigenvalue weighted by molar-refractivity contribution is 7.93. The van der Waals surface area contributed by atoms with Gasteiger partial charge in [0.1, 0.15) is 6.61 Å². The Morgan fingerprint density at radius 3 is 2.62 bits per heavy atom. The molecule has 0 atom stereocenters. The van der Waals surface area contributed by atoms with E-state index in [4.69, 9.17) is 24.4 Å². The number of anilines is 1. The molecule has 0 unspecified atom stereocenters. The maximum absolute atomic E-state index is 11.3. The molecule has 5 heterocycles. The van der Waals surface area contributed by atoms with Crippen LogP contribution in [0.1, 0.15) is 37.0 Å². The maximum atomic E-state index is 11.3. The summed E-state index contributed by atoms with van der Waals surface area (Å²) in [5, 5.41) is 19.1. The Morgan fingerprint density at radius 2 is 1.82 bits per heavy atom. The minimum absolute atomic E-state index is 0.0574. The van der Waals surface area contributed by atoms with Crippen molar-refractivity contribution in [3.05, 3.63) is 35.3 Å². The highest BCUT2D eigenvalue weighted by Crippen LogP contribution is 2.36. The Hall–Kier alpha value is -2.69. The number of hydrogen-bond donors (Lipinski definition) is 2. The summed E-state index contributed by atoms with van der Waals surface area (Å²) in [6, 6.07) is 8.38. The number of thiophene rings is 1. The van der Waals surface area contributed by atoms with Gasteiger partial charge < -0.3 is 10.0 Å². The van der Waals surface area contributed by atoms with E-state index in [0.717, 1.165) is 129 Å². The Morgan fingerprint density at radius 1 is 1.02 bits per heavy atom. The van der Waals surface area contributed by atoms with E-state index >= 15 is 0 Å². The van der Waals surface area contributed by atoms with Crippen molar-refractivity contribution in [3.63, 3.8) is 0 Å². The fraction of sp³-hybridized carbons (Fsp3) is 0.548. The van der Waals surface area contributed by atoms with Crippen LogP contribution in [0.3, 0.4) is 0 Å². The summed E-state index contributed by atoms with van der Waals surface area (Å²) in [5.41, 5.74) is 2.96. The van der Waals surface area contributed by atoms with Gasteiger partial charge in [0.25, 0.3) is 0 Å². The fourth-order valence-corrected chi connectivity index (χ4v) is 7.37. The van der Waals surface area contributed by atoms with Crippen LogP contribution in [0.25, 0.3) is 32.5 Å². The van der Waals surface area contributed by atoms with Gasteiger partial charge in [-0.25, -0.2) is 9.97 Å². The molecular weight excluding hydrogens is 613 g/mol. The molecule has 3 aromatic heterocycles. The van der Waals surface area contributed by atoms with Gasteiger partial charge in [-0.2, -0.15) is 10.2 Å². The first-order valence-electron chi connectivity index (χ1n) is 15.8. The number of piperazine rings is 2. The van der Waals surface area contributed by atoms with Crippen LogP contribution in [0, 0.1) is 0 Å². The second kappa shape index (κ2) is 15.7. The van der Waals surface area contributed by atoms with Gasteiger partial charge in [0, 0.05) is 99.4 Å². The number of ketones is 1. The van der Waals surface area contributed by atoms with Crippen molar-refractivity contribution in [1.29, 1.82) is 0 Å². The molecule has 0 spiro atoms. The van der Waals surface area contributed by atoms with Crippen molar-refractivity contribution in [3.8, 4) is 11.4 Å². The molecule has 2 N–H and O–H groups in total. The first-order chi connectivity index (χ1) is 22.1. The van der Waals surface area contributed by atoms with E-state index in [0.29, 0.717) is 6.42 Å². The molecule has 2 aliphatic rings. The SMILES string of the molecule is CSOON1CCN(Cc2cc3nc(-c4cccc5[nH]ncc45)nc(N4CCN(CCCCCCC(=O)CO)CC4)c3s2)CC1. The maximum Gasteiger partial charge on any atom is 0.162 e. The van der Waals surface area contributed by atoms with E-state index in [1.165, 1.54) is 16.9 Å². The van der Waals surface area contributed by atoms with Crippen LogP contribution in [0.2, 0.25) is 0 Å². The lowest BCUT2D eigenvalue weighted by Crippen LogP contribution is -2.47. The van der Waals surface area contributed by atoms with Crippen LogP contribution in [0.4, 0.5) is 5.82 Å². The molecule has 2 aliphatic heterocycles. The van der Waals surface area contributed by atoms with Gasteiger partial charge in [-0.15, -0.1) is 20.7 Å². The third-order valence-corrected chi connectivity index (χ3v) is 9.88. The number of H-pyrrole nitrogens is 1. The zero-order valence-corrected chi connectivity index (χ0v) is 27.5. The molecule has 12 nitrogen and oxygen atoms in total. The van der Waals surface area contributed by atoms with Gasteiger partial charge in [0.15, 0.2) is 17.4 Å². The average Bonchev–Trinajstić information content (AvgIpc) is 3.72. The number of aliphatic hydroxyl groups excluding tert-OH is 1. The second-order valence-corrected chi connectivity index (χ2v) is 13.2. The molecule has 242 valence electrons. The minimum Gasteiger partial charge on any atom is -0.389 e. The lowest BCUT2D eigenvalue weighted by atomic mass is 10.1. The molecule has 0 bridgehead atoms. The number of nitrogens with zero attached hydrogens (tertiary/aromatic N) is 7. The highest BCUT2D eigenvalue weighted by Gasteiger charge is 2.25. The van der Waals surface area contributed by atoms with Crippen LogP contribution < -0.4 is 4.90 Å². The number of hydrogen-bond acceptors (Lipinski definition) is 13. The van der Waals surface area contributed by atoms with E-state index < -0.39 is 0 Å². The summed E-state index contributed by atoms with van der Waals surface area (Å²) in [6.07, 6.45) is 8.33. The number of rotatable bonds is 15. The Kier molecular flexibility index (Phi) is 11.3. The lowest BCUT2D eigenvalue weighted by molar-refractivity contribution is -0.365. The van der Waals surface area contributed by atoms with Gasteiger partial charge in [-0.05, 0) is 31.5 Å². The normalized spacial score (nSPS) is 17.2. The molecule has 2 fully saturated rings. The third kappa shape index (κ3) is 8.19. The van der Waals surface area contributed by atoms with Gasteiger partial charge >= 0.3 is 0 Å². The number of carbonyl (C=O) groups is 1. The molecule has 0 radical (unpaired) electrons. The minimum atomic E-state index is -0.335. The summed E-state index contributed by atoms with van der Waals surface area (Å²) < 4.78 is 6.18. The van der Waals surface area contributed by atoms with Crippen molar-refractivity contribution >= 4 is 56.1 Å². The summed E-state index contributed by atoms with van der Waals surface area (Å²) in [7, 11) is 0. The zero-order chi connectivity index (χ0) is 31.0. The van der Waals surface area contributed by atoms with Gasteiger partial charge in [-0.1, -0.05) is 25.0 Å². The molecule has 45 heavy (non-hydrogen) atoms. The predicted molar refractivity (Wildman–Crippen MR) is 179 cm³/mol. The number of hydroxylamine groups is 2. The van der Waals surface area contributed by atoms with Gasteiger partial charge in [0.2, 0.25) is 0 Å². The fourth-order valence-electron chi connectivity index (χ4n) is 6.07. The molecule has 0 amide bonds. The van der Waals surface area contributed by atoms with Gasteiger partial charge in [-0.3, -0.25) is 19.7 Å². The number of nitrogens with one attached hydrogen (secondary N) is 1. The van der Waals surface area contributed by atoms with E-state index in [-0.39, 0.29) is 12.4 Å².